The molecule has 0 bridgehead atoms. The van der Waals surface area contributed by atoms with Crippen LogP contribution < -0.4 is 5.32 Å². The van der Waals surface area contributed by atoms with Crippen molar-refractivity contribution in [2.75, 3.05) is 26.2 Å². The maximum Gasteiger partial charge on any atom is 0.155 e. The van der Waals surface area contributed by atoms with Gasteiger partial charge in [-0.15, -0.1) is 0 Å². The second-order valence-corrected chi connectivity index (χ2v) is 5.95. The highest BCUT2D eigenvalue weighted by atomic mass is 16.3. The van der Waals surface area contributed by atoms with Crippen LogP contribution in [0.5, 0.6) is 0 Å². The van der Waals surface area contributed by atoms with Crippen molar-refractivity contribution in [2.24, 2.45) is 0 Å². The molecule has 3 rings (SSSR count). The third-order valence-electron chi connectivity index (χ3n) is 4.46. The van der Waals surface area contributed by atoms with E-state index in [4.69, 9.17) is 0 Å². The van der Waals surface area contributed by atoms with E-state index in [1.807, 2.05) is 12.4 Å². The molecule has 120 valence electrons. The summed E-state index contributed by atoms with van der Waals surface area (Å²) in [7, 11) is 0. The van der Waals surface area contributed by atoms with Crippen LogP contribution in [0, 0.1) is 0 Å². The van der Waals surface area contributed by atoms with Gasteiger partial charge in [-0.1, -0.05) is 0 Å². The third kappa shape index (κ3) is 3.63. The summed E-state index contributed by atoms with van der Waals surface area (Å²) in [5.74, 6) is 0. The fourth-order valence-corrected chi connectivity index (χ4v) is 3.20. The van der Waals surface area contributed by atoms with Crippen LogP contribution in [-0.4, -0.2) is 56.7 Å². The fraction of sp³-hybridized carbons (Fsp3) is 0.625. The summed E-state index contributed by atoms with van der Waals surface area (Å²) < 4.78 is 2.07. The lowest BCUT2D eigenvalue weighted by atomic mass is 10.2. The predicted molar refractivity (Wildman–Crippen MR) is 85.6 cm³/mol. The second kappa shape index (κ2) is 7.67. The van der Waals surface area contributed by atoms with E-state index < -0.39 is 0 Å². The number of nitrogens with one attached hydrogen (secondary N) is 1. The van der Waals surface area contributed by atoms with Gasteiger partial charge in [0.05, 0.1) is 24.7 Å². The van der Waals surface area contributed by atoms with Gasteiger partial charge in [0, 0.05) is 25.0 Å². The van der Waals surface area contributed by atoms with E-state index >= 15 is 0 Å². The Hall–Kier alpha value is -1.50. The molecule has 2 aromatic heterocycles. The highest BCUT2D eigenvalue weighted by Gasteiger charge is 2.22. The molecule has 1 saturated heterocycles. The molecule has 3 heterocycles. The number of hydrogen-bond acceptors (Lipinski definition) is 5. The predicted octanol–water partition coefficient (Wildman–Crippen LogP) is 1.06. The summed E-state index contributed by atoms with van der Waals surface area (Å²) in [6.07, 6.45) is 12.1. The van der Waals surface area contributed by atoms with E-state index in [1.165, 1.54) is 12.8 Å². The minimum absolute atomic E-state index is 0.307. The SMILES string of the molecule is OCC1CCCN1CCCCNCc1cnc2cnccn12. The van der Waals surface area contributed by atoms with E-state index in [-0.39, 0.29) is 0 Å². The van der Waals surface area contributed by atoms with Gasteiger partial charge in [0.15, 0.2) is 5.65 Å². The van der Waals surface area contributed by atoms with E-state index in [1.54, 1.807) is 12.4 Å². The topological polar surface area (TPSA) is 65.7 Å². The zero-order valence-corrected chi connectivity index (χ0v) is 13.0. The first-order chi connectivity index (χ1) is 10.9. The number of likely N-dealkylation sites (tertiary alicyclic amines) is 1. The second-order valence-electron chi connectivity index (χ2n) is 5.95. The minimum atomic E-state index is 0.307. The van der Waals surface area contributed by atoms with Crippen molar-refractivity contribution >= 4 is 5.65 Å². The summed E-state index contributed by atoms with van der Waals surface area (Å²) in [5, 5.41) is 12.8. The molecule has 22 heavy (non-hydrogen) atoms. The number of fused-ring (bicyclic) bond motifs is 1. The summed E-state index contributed by atoms with van der Waals surface area (Å²) in [5.41, 5.74) is 2.06. The lowest BCUT2D eigenvalue weighted by Gasteiger charge is -2.22. The third-order valence-corrected chi connectivity index (χ3v) is 4.46. The first kappa shape index (κ1) is 15.4. The molecule has 0 aromatic carbocycles. The van der Waals surface area contributed by atoms with Crippen LogP contribution in [0.3, 0.4) is 0 Å². The Morgan fingerprint density at radius 1 is 1.32 bits per heavy atom. The van der Waals surface area contributed by atoms with Gasteiger partial charge in [-0.2, -0.15) is 0 Å². The number of imidazole rings is 1. The van der Waals surface area contributed by atoms with Gasteiger partial charge < -0.3 is 10.4 Å². The van der Waals surface area contributed by atoms with Crippen LogP contribution in [0.15, 0.2) is 24.8 Å². The van der Waals surface area contributed by atoms with Gasteiger partial charge in [0.2, 0.25) is 0 Å². The molecule has 6 nitrogen and oxygen atoms in total. The molecule has 2 aromatic rings. The Morgan fingerprint density at radius 2 is 2.27 bits per heavy atom. The van der Waals surface area contributed by atoms with Crippen LogP contribution in [0.2, 0.25) is 0 Å². The van der Waals surface area contributed by atoms with Crippen LogP contribution in [0.4, 0.5) is 0 Å². The Labute approximate surface area is 131 Å². The molecule has 0 radical (unpaired) electrons. The number of rotatable bonds is 8. The fourth-order valence-electron chi connectivity index (χ4n) is 3.20. The van der Waals surface area contributed by atoms with Crippen molar-refractivity contribution in [1.82, 2.24) is 24.6 Å². The van der Waals surface area contributed by atoms with Gasteiger partial charge in [-0.3, -0.25) is 14.3 Å². The molecular weight excluding hydrogens is 278 g/mol. The highest BCUT2D eigenvalue weighted by molar-refractivity contribution is 5.36. The smallest absolute Gasteiger partial charge is 0.155 e. The monoisotopic (exact) mass is 303 g/mol. The first-order valence-corrected chi connectivity index (χ1v) is 8.20. The number of nitrogens with zero attached hydrogens (tertiary/aromatic N) is 4. The lowest BCUT2D eigenvalue weighted by molar-refractivity contribution is 0.157. The molecule has 1 aliphatic heterocycles. The number of aliphatic hydroxyl groups is 1. The van der Waals surface area contributed by atoms with Crippen molar-refractivity contribution in [3.63, 3.8) is 0 Å². The number of hydrogen-bond donors (Lipinski definition) is 2. The van der Waals surface area contributed by atoms with E-state index in [2.05, 4.69) is 24.6 Å². The Bertz CT molecular complexity index is 585. The quantitative estimate of drug-likeness (QED) is 0.714. The molecule has 1 aliphatic rings. The number of aliphatic hydroxyl groups excluding tert-OH is 1. The van der Waals surface area contributed by atoms with Crippen molar-refractivity contribution in [2.45, 2.75) is 38.3 Å². The van der Waals surface area contributed by atoms with Gasteiger partial charge in [-0.05, 0) is 45.3 Å². The summed E-state index contributed by atoms with van der Waals surface area (Å²) in [4.78, 5) is 10.8. The molecule has 0 spiro atoms. The van der Waals surface area contributed by atoms with Crippen LogP contribution in [0.1, 0.15) is 31.4 Å². The minimum Gasteiger partial charge on any atom is -0.395 e. The van der Waals surface area contributed by atoms with Crippen molar-refractivity contribution in [1.29, 1.82) is 0 Å². The van der Waals surface area contributed by atoms with Crippen molar-refractivity contribution < 1.29 is 5.11 Å². The van der Waals surface area contributed by atoms with Crippen molar-refractivity contribution in [3.05, 3.63) is 30.5 Å². The molecular formula is C16H25N5O. The molecule has 0 amide bonds. The van der Waals surface area contributed by atoms with E-state index in [0.29, 0.717) is 12.6 Å². The largest absolute Gasteiger partial charge is 0.395 e. The Morgan fingerprint density at radius 3 is 3.18 bits per heavy atom. The molecule has 0 saturated carbocycles. The lowest BCUT2D eigenvalue weighted by Crippen LogP contribution is -2.33. The number of aromatic nitrogens is 3. The zero-order valence-electron chi connectivity index (χ0n) is 13.0. The van der Waals surface area contributed by atoms with Crippen molar-refractivity contribution in [3.8, 4) is 0 Å². The van der Waals surface area contributed by atoms with Crippen LogP contribution in [-0.2, 0) is 6.54 Å². The maximum atomic E-state index is 9.30. The highest BCUT2D eigenvalue weighted by Crippen LogP contribution is 2.16. The van der Waals surface area contributed by atoms with E-state index in [0.717, 1.165) is 50.4 Å². The molecule has 1 atom stereocenters. The average molecular weight is 303 g/mol. The zero-order chi connectivity index (χ0) is 15.2. The van der Waals surface area contributed by atoms with Crippen LogP contribution >= 0.6 is 0 Å². The van der Waals surface area contributed by atoms with Gasteiger partial charge in [0.1, 0.15) is 0 Å². The molecule has 2 N–H and O–H groups in total. The molecule has 6 heteroatoms. The van der Waals surface area contributed by atoms with Crippen LogP contribution in [0.25, 0.3) is 5.65 Å². The molecule has 1 unspecified atom stereocenters. The summed E-state index contributed by atoms with van der Waals surface area (Å²) in [6.45, 7) is 4.40. The Balaban J connectivity index is 1.34. The summed E-state index contributed by atoms with van der Waals surface area (Å²) in [6, 6.07) is 0.403. The van der Waals surface area contributed by atoms with Gasteiger partial charge in [0.25, 0.3) is 0 Å². The number of unbranched alkanes of at least 4 members (excludes halogenated alkanes) is 1. The Kier molecular flexibility index (Phi) is 5.37. The van der Waals surface area contributed by atoms with Gasteiger partial charge >= 0.3 is 0 Å². The normalized spacial score (nSPS) is 19.2. The molecule has 1 fully saturated rings. The maximum absolute atomic E-state index is 9.30. The molecule has 0 aliphatic carbocycles. The van der Waals surface area contributed by atoms with Gasteiger partial charge in [-0.25, -0.2) is 4.98 Å². The summed E-state index contributed by atoms with van der Waals surface area (Å²) >= 11 is 0. The van der Waals surface area contributed by atoms with E-state index in [9.17, 15) is 5.11 Å². The first-order valence-electron chi connectivity index (χ1n) is 8.20. The average Bonchev–Trinajstić information content (AvgIpc) is 3.17. The standard InChI is InChI=1S/C16H25N5O/c22-13-14-4-3-8-20(14)7-2-1-5-17-10-15-11-19-16-12-18-6-9-21(15)16/h6,9,11-12,14,17,22H,1-5,7-8,10,13H2.